The summed E-state index contributed by atoms with van der Waals surface area (Å²) in [6.07, 6.45) is 0.441. The number of carbonyl (C=O) groups excluding carboxylic acids is 3. The third-order valence-electron chi connectivity index (χ3n) is 4.16. The van der Waals surface area contributed by atoms with E-state index in [1.165, 1.54) is 33.7 Å². The van der Waals surface area contributed by atoms with E-state index in [0.717, 1.165) is 5.56 Å². The number of phenolic OH excluding ortho intramolecular Hbond substituents is 1. The lowest BCUT2D eigenvalue weighted by molar-refractivity contribution is -0.127. The van der Waals surface area contributed by atoms with Crippen LogP contribution in [0.15, 0.2) is 24.3 Å². The first kappa shape index (κ1) is 20.8. The number of primary amides is 1. The van der Waals surface area contributed by atoms with Crippen LogP contribution in [0.4, 0.5) is 0 Å². The molecule has 1 amide bonds. The van der Waals surface area contributed by atoms with Crippen LogP contribution < -0.4 is 16.8 Å². The molecule has 1 aromatic rings. The summed E-state index contributed by atoms with van der Waals surface area (Å²) in [5.41, 5.74) is 12.0. The summed E-state index contributed by atoms with van der Waals surface area (Å²) in [6.45, 7) is -0.0376. The van der Waals surface area contributed by atoms with Crippen LogP contribution in [0.2, 0.25) is 0 Å². The fourth-order valence-electron chi connectivity index (χ4n) is 2.51. The number of nitrogens with one attached hydrogen (secondary N) is 1. The number of Topliss-reactive ketones (excluding diaryl/α,β-unsaturated/α-hetero) is 2. The number of rotatable bonds is 7. The molecule has 26 heavy (non-hydrogen) atoms. The molecule has 0 unspecified atom stereocenters. The Labute approximate surface area is 160 Å². The van der Waals surface area contributed by atoms with Crippen molar-refractivity contribution in [2.24, 2.45) is 17.4 Å². The predicted octanol–water partition coefficient (Wildman–Crippen LogP) is 0.245. The van der Waals surface area contributed by atoms with E-state index in [1.807, 2.05) is 0 Å². The van der Waals surface area contributed by atoms with Gasteiger partial charge in [0.25, 0.3) is 0 Å². The highest BCUT2D eigenvalue weighted by atomic mass is 33.1. The Morgan fingerprint density at radius 3 is 2.54 bits per heavy atom. The van der Waals surface area contributed by atoms with E-state index in [2.05, 4.69) is 5.32 Å². The van der Waals surface area contributed by atoms with Crippen LogP contribution in [-0.2, 0) is 20.8 Å². The van der Waals surface area contributed by atoms with Gasteiger partial charge in [0.2, 0.25) is 5.91 Å². The van der Waals surface area contributed by atoms with Crippen LogP contribution in [0.5, 0.6) is 5.75 Å². The molecule has 1 saturated heterocycles. The molecule has 2 rings (SSSR count). The monoisotopic (exact) mass is 397 g/mol. The Bertz CT molecular complexity index is 654. The number of benzene rings is 1. The first-order valence-corrected chi connectivity index (χ1v) is 10.7. The van der Waals surface area contributed by atoms with Crippen molar-refractivity contribution in [3.63, 3.8) is 0 Å². The molecule has 0 saturated carbocycles. The number of nitrogens with two attached hydrogens (primary N) is 2. The molecule has 1 aromatic carbocycles. The molecule has 7 nitrogen and oxygen atoms in total. The maximum Gasteiger partial charge on any atom is 0.234 e. The Kier molecular flexibility index (Phi) is 7.95. The van der Waals surface area contributed by atoms with Gasteiger partial charge in [-0.1, -0.05) is 33.7 Å². The molecule has 0 aliphatic carbocycles. The van der Waals surface area contributed by atoms with Crippen LogP contribution in [0.1, 0.15) is 12.0 Å². The quantitative estimate of drug-likeness (QED) is 0.481. The molecule has 0 bridgehead atoms. The van der Waals surface area contributed by atoms with Crippen molar-refractivity contribution in [1.29, 1.82) is 0 Å². The fraction of sp³-hybridized carbons (Fsp3) is 0.471. The SMILES string of the molecule is NC(=O)[C@H](Cc1ccc(O)cc1)NCC(=O)[C@@H]1CSSC[C@H](N)C(=O)C1. The molecule has 142 valence electrons. The number of hydrogen-bond donors (Lipinski definition) is 4. The maximum absolute atomic E-state index is 12.5. The van der Waals surface area contributed by atoms with Crippen LogP contribution >= 0.6 is 21.6 Å². The van der Waals surface area contributed by atoms with Gasteiger partial charge in [-0.15, -0.1) is 0 Å². The molecule has 0 aromatic heterocycles. The van der Waals surface area contributed by atoms with Crippen LogP contribution in [-0.4, -0.2) is 52.7 Å². The highest BCUT2D eigenvalue weighted by Gasteiger charge is 2.28. The van der Waals surface area contributed by atoms with Gasteiger partial charge in [0.05, 0.1) is 18.6 Å². The lowest BCUT2D eigenvalue weighted by Crippen LogP contribution is -2.46. The second kappa shape index (κ2) is 9.96. The van der Waals surface area contributed by atoms with Crippen molar-refractivity contribution in [1.82, 2.24) is 5.32 Å². The lowest BCUT2D eigenvalue weighted by Gasteiger charge is -2.22. The van der Waals surface area contributed by atoms with Gasteiger partial charge in [-0.3, -0.25) is 19.7 Å². The highest BCUT2D eigenvalue weighted by molar-refractivity contribution is 8.76. The van der Waals surface area contributed by atoms with E-state index in [1.54, 1.807) is 12.1 Å². The Morgan fingerprint density at radius 2 is 1.88 bits per heavy atom. The average Bonchev–Trinajstić information content (AvgIpc) is 2.60. The van der Waals surface area contributed by atoms with Crippen molar-refractivity contribution in [2.45, 2.75) is 24.9 Å². The van der Waals surface area contributed by atoms with Gasteiger partial charge in [-0.25, -0.2) is 0 Å². The van der Waals surface area contributed by atoms with Crippen LogP contribution in [0.25, 0.3) is 0 Å². The normalized spacial score (nSPS) is 22.3. The highest BCUT2D eigenvalue weighted by Crippen LogP contribution is 2.29. The molecule has 1 aliphatic rings. The average molecular weight is 398 g/mol. The summed E-state index contributed by atoms with van der Waals surface area (Å²) >= 11 is 0. The third kappa shape index (κ3) is 6.31. The van der Waals surface area contributed by atoms with Crippen molar-refractivity contribution >= 4 is 39.1 Å². The third-order valence-corrected chi connectivity index (χ3v) is 6.68. The zero-order valence-electron chi connectivity index (χ0n) is 14.2. The summed E-state index contributed by atoms with van der Waals surface area (Å²) in [5, 5.41) is 12.2. The minimum absolute atomic E-state index is 0.0376. The van der Waals surface area contributed by atoms with Crippen molar-refractivity contribution < 1.29 is 19.5 Å². The number of hydrogen-bond acceptors (Lipinski definition) is 8. The van der Waals surface area contributed by atoms with Gasteiger partial charge in [-0.2, -0.15) is 0 Å². The largest absolute Gasteiger partial charge is 0.508 e. The van der Waals surface area contributed by atoms with Gasteiger partial charge < -0.3 is 16.6 Å². The number of ketones is 2. The number of aromatic hydroxyl groups is 1. The smallest absolute Gasteiger partial charge is 0.234 e. The van der Waals surface area contributed by atoms with E-state index < -0.39 is 23.9 Å². The zero-order chi connectivity index (χ0) is 19.1. The summed E-state index contributed by atoms with van der Waals surface area (Å²) in [7, 11) is 3.03. The minimum Gasteiger partial charge on any atom is -0.508 e. The molecule has 3 atom stereocenters. The Hall–Kier alpha value is -1.55. The van der Waals surface area contributed by atoms with Gasteiger partial charge in [0.15, 0.2) is 11.6 Å². The van der Waals surface area contributed by atoms with Crippen molar-refractivity contribution in [3.8, 4) is 5.75 Å². The molecular formula is C17H23N3O4S2. The van der Waals surface area contributed by atoms with Crippen molar-refractivity contribution in [3.05, 3.63) is 29.8 Å². The minimum atomic E-state index is -0.711. The topological polar surface area (TPSA) is 136 Å². The van der Waals surface area contributed by atoms with Gasteiger partial charge in [0.1, 0.15) is 5.75 Å². The first-order chi connectivity index (χ1) is 12.4. The number of phenols is 1. The van der Waals surface area contributed by atoms with E-state index in [0.29, 0.717) is 17.9 Å². The second-order valence-corrected chi connectivity index (χ2v) is 8.77. The molecule has 0 spiro atoms. The predicted molar refractivity (Wildman–Crippen MR) is 104 cm³/mol. The first-order valence-electron chi connectivity index (χ1n) is 8.23. The van der Waals surface area contributed by atoms with Gasteiger partial charge in [-0.05, 0) is 24.1 Å². The van der Waals surface area contributed by atoms with E-state index in [9.17, 15) is 19.5 Å². The number of amides is 1. The molecule has 1 heterocycles. The standard InChI is InChI=1S/C17H23N3O4S2/c18-13-9-26-25-8-11(6-15(13)22)16(23)7-20-14(17(19)24)5-10-1-3-12(21)4-2-10/h1-4,11,13-14,20-21H,5-9,18H2,(H2,19,24)/t11-,13-,14-/m0/s1. The van der Waals surface area contributed by atoms with Crippen LogP contribution in [0, 0.1) is 5.92 Å². The van der Waals surface area contributed by atoms with Crippen molar-refractivity contribution in [2.75, 3.05) is 18.1 Å². The van der Waals surface area contributed by atoms with E-state index >= 15 is 0 Å². The second-order valence-electron chi connectivity index (χ2n) is 6.22. The zero-order valence-corrected chi connectivity index (χ0v) is 15.9. The Morgan fingerprint density at radius 1 is 1.23 bits per heavy atom. The lowest BCUT2D eigenvalue weighted by atomic mass is 9.96. The summed E-state index contributed by atoms with van der Waals surface area (Å²) < 4.78 is 0. The molecule has 9 heteroatoms. The maximum atomic E-state index is 12.5. The molecule has 0 radical (unpaired) electrons. The van der Waals surface area contributed by atoms with E-state index in [4.69, 9.17) is 11.5 Å². The fourth-order valence-corrected chi connectivity index (χ4v) is 5.02. The summed E-state index contributed by atoms with van der Waals surface area (Å²) in [6, 6.07) is 5.18. The number of carbonyl (C=O) groups is 3. The summed E-state index contributed by atoms with van der Waals surface area (Å²) in [5.74, 6) is 0.0221. The van der Waals surface area contributed by atoms with Gasteiger partial charge in [0, 0.05) is 23.8 Å². The van der Waals surface area contributed by atoms with Crippen LogP contribution in [0.3, 0.4) is 0 Å². The molecule has 1 fully saturated rings. The van der Waals surface area contributed by atoms with Gasteiger partial charge >= 0.3 is 0 Å². The Balaban J connectivity index is 1.92. The van der Waals surface area contributed by atoms with E-state index in [-0.39, 0.29) is 30.3 Å². The molecule has 1 aliphatic heterocycles. The molecule has 6 N–H and O–H groups in total. The molecular weight excluding hydrogens is 374 g/mol. The summed E-state index contributed by atoms with van der Waals surface area (Å²) in [4.78, 5) is 36.1.